The maximum atomic E-state index is 13.0. The fourth-order valence-corrected chi connectivity index (χ4v) is 4.23. The summed E-state index contributed by atoms with van der Waals surface area (Å²) in [6.45, 7) is 1.64. The smallest absolute Gasteiger partial charge is 0.269 e. The third kappa shape index (κ3) is 5.48. The topological polar surface area (TPSA) is 122 Å². The number of piperazine rings is 1. The second kappa shape index (κ2) is 10.3. The van der Waals surface area contributed by atoms with Gasteiger partial charge in [0.2, 0.25) is 11.8 Å². The Morgan fingerprint density at radius 1 is 1.00 bits per heavy atom. The fraction of sp³-hybridized carbons (Fsp3) is 0.148. The molecule has 0 radical (unpaired) electrons. The van der Waals surface area contributed by atoms with Gasteiger partial charge in [0.1, 0.15) is 0 Å². The van der Waals surface area contributed by atoms with Crippen molar-refractivity contribution in [3.63, 3.8) is 0 Å². The summed E-state index contributed by atoms with van der Waals surface area (Å²) in [5.74, 6) is -0.232. The summed E-state index contributed by atoms with van der Waals surface area (Å²) in [6, 6.07) is 23.0. The van der Waals surface area contributed by atoms with Gasteiger partial charge in [0.25, 0.3) is 5.69 Å². The van der Waals surface area contributed by atoms with E-state index in [0.717, 1.165) is 17.9 Å². The number of carbonyl (C=O) groups excluding carboxylic acids is 2. The maximum Gasteiger partial charge on any atom is 0.269 e. The summed E-state index contributed by atoms with van der Waals surface area (Å²) in [7, 11) is 0. The van der Waals surface area contributed by atoms with E-state index < -0.39 is 4.92 Å². The third-order valence-electron chi connectivity index (χ3n) is 6.07. The van der Waals surface area contributed by atoms with E-state index in [0.29, 0.717) is 35.6 Å². The Kier molecular flexibility index (Phi) is 6.62. The third-order valence-corrected chi connectivity index (χ3v) is 6.07. The number of nitrogens with zero attached hydrogens (tertiary/aromatic N) is 4. The molecule has 2 N–H and O–H groups in total. The van der Waals surface area contributed by atoms with Crippen LogP contribution in [0.1, 0.15) is 5.56 Å². The van der Waals surface area contributed by atoms with Crippen LogP contribution in [-0.4, -0.2) is 46.2 Å². The average molecular weight is 497 g/mol. The van der Waals surface area contributed by atoms with Crippen LogP contribution in [0.5, 0.6) is 0 Å². The quantitative estimate of drug-likeness (QED) is 0.298. The zero-order valence-electron chi connectivity index (χ0n) is 19.8. The number of carbonyl (C=O) groups is 2. The lowest BCUT2D eigenvalue weighted by atomic mass is 10.1. The first-order chi connectivity index (χ1) is 18.0. The van der Waals surface area contributed by atoms with Gasteiger partial charge in [-0.05, 0) is 48.5 Å². The van der Waals surface area contributed by atoms with Gasteiger partial charge in [-0.3, -0.25) is 19.7 Å². The molecule has 2 amide bonds. The molecule has 0 bridgehead atoms. The Morgan fingerprint density at radius 3 is 2.41 bits per heavy atom. The predicted molar refractivity (Wildman–Crippen MR) is 140 cm³/mol. The molecule has 1 aliphatic rings. The number of nitrogens with one attached hydrogen (secondary N) is 2. The van der Waals surface area contributed by atoms with Gasteiger partial charge >= 0.3 is 0 Å². The van der Waals surface area contributed by atoms with E-state index in [1.54, 1.807) is 23.0 Å². The van der Waals surface area contributed by atoms with Gasteiger partial charge in [0.05, 0.1) is 29.3 Å². The highest BCUT2D eigenvalue weighted by atomic mass is 16.6. The average Bonchev–Trinajstić information content (AvgIpc) is 3.33. The summed E-state index contributed by atoms with van der Waals surface area (Å²) in [5, 5.41) is 21.5. The molecule has 1 aliphatic heterocycles. The first kappa shape index (κ1) is 23.7. The number of aromatic nitrogens is 2. The second-order valence-electron chi connectivity index (χ2n) is 8.63. The Balaban J connectivity index is 1.35. The van der Waals surface area contributed by atoms with Crippen molar-refractivity contribution in [2.24, 2.45) is 0 Å². The van der Waals surface area contributed by atoms with Crippen molar-refractivity contribution in [2.45, 2.75) is 6.42 Å². The zero-order valence-corrected chi connectivity index (χ0v) is 19.8. The molecular weight excluding hydrogens is 472 g/mol. The van der Waals surface area contributed by atoms with E-state index in [2.05, 4.69) is 15.7 Å². The van der Waals surface area contributed by atoms with E-state index in [1.165, 1.54) is 12.1 Å². The monoisotopic (exact) mass is 496 g/mol. The lowest BCUT2D eigenvalue weighted by molar-refractivity contribution is -0.384. The van der Waals surface area contributed by atoms with Gasteiger partial charge in [0.15, 0.2) is 0 Å². The summed E-state index contributed by atoms with van der Waals surface area (Å²) >= 11 is 0. The number of anilines is 2. The largest absolute Gasteiger partial charge is 0.360 e. The van der Waals surface area contributed by atoms with Gasteiger partial charge in [-0.15, -0.1) is 0 Å². The van der Waals surface area contributed by atoms with Gasteiger partial charge in [-0.1, -0.05) is 18.2 Å². The molecule has 0 spiro atoms. The standard InChI is InChI=1S/C27H24N6O4/c34-25(29-21-8-12-22(13-9-21)31-15-14-28-26(35)18-31)16-20-17-32(23-4-2-1-3-5-23)30-27(20)19-6-10-24(11-7-19)33(36)37/h1-13,17H,14-16,18H2,(H,28,35)(H,29,34). The maximum absolute atomic E-state index is 13.0. The minimum absolute atomic E-state index is 0.0106. The van der Waals surface area contributed by atoms with Crippen molar-refractivity contribution >= 4 is 28.9 Å². The van der Waals surface area contributed by atoms with Crippen LogP contribution in [-0.2, 0) is 16.0 Å². The van der Waals surface area contributed by atoms with Crippen molar-refractivity contribution in [3.05, 3.63) is 101 Å². The molecule has 1 fully saturated rings. The number of para-hydroxylation sites is 1. The lowest BCUT2D eigenvalue weighted by Gasteiger charge is -2.28. The normalized spacial score (nSPS) is 13.2. The highest BCUT2D eigenvalue weighted by Crippen LogP contribution is 2.27. The van der Waals surface area contributed by atoms with E-state index in [1.807, 2.05) is 59.5 Å². The molecule has 0 atom stereocenters. The molecule has 1 aromatic heterocycles. The molecule has 4 aromatic rings. The first-order valence-electron chi connectivity index (χ1n) is 11.8. The number of amides is 2. The SMILES string of the molecule is O=C1CN(c2ccc(NC(=O)Cc3cn(-c4ccccc4)nc3-c3ccc([N+](=O)[O-])cc3)cc2)CCN1. The van der Waals surface area contributed by atoms with Crippen LogP contribution in [0.25, 0.3) is 16.9 Å². The van der Waals surface area contributed by atoms with Crippen molar-refractivity contribution in [3.8, 4) is 16.9 Å². The predicted octanol–water partition coefficient (Wildman–Crippen LogP) is 3.56. The summed E-state index contributed by atoms with van der Waals surface area (Å²) in [5.41, 5.74) is 4.32. The summed E-state index contributed by atoms with van der Waals surface area (Å²) in [4.78, 5) is 37.2. The molecule has 0 aliphatic carbocycles. The number of rotatable bonds is 7. The van der Waals surface area contributed by atoms with Crippen molar-refractivity contribution in [2.75, 3.05) is 29.9 Å². The van der Waals surface area contributed by atoms with Crippen LogP contribution >= 0.6 is 0 Å². The van der Waals surface area contributed by atoms with E-state index in [4.69, 9.17) is 0 Å². The van der Waals surface area contributed by atoms with Gasteiger partial charge < -0.3 is 15.5 Å². The van der Waals surface area contributed by atoms with Crippen LogP contribution in [0.15, 0.2) is 85.1 Å². The minimum Gasteiger partial charge on any atom is -0.360 e. The molecule has 10 nitrogen and oxygen atoms in total. The van der Waals surface area contributed by atoms with Gasteiger partial charge in [-0.25, -0.2) is 4.68 Å². The molecule has 0 unspecified atom stereocenters. The van der Waals surface area contributed by atoms with Gasteiger partial charge in [0, 0.05) is 53.9 Å². The molecule has 2 heterocycles. The highest BCUT2D eigenvalue weighted by molar-refractivity contribution is 5.93. The summed E-state index contributed by atoms with van der Waals surface area (Å²) < 4.78 is 1.70. The Bertz CT molecular complexity index is 1430. The fourth-order valence-electron chi connectivity index (χ4n) is 4.23. The zero-order chi connectivity index (χ0) is 25.8. The Morgan fingerprint density at radius 2 is 1.73 bits per heavy atom. The number of nitro benzene ring substituents is 1. The van der Waals surface area contributed by atoms with E-state index >= 15 is 0 Å². The second-order valence-corrected chi connectivity index (χ2v) is 8.63. The number of benzene rings is 3. The molecule has 10 heteroatoms. The highest BCUT2D eigenvalue weighted by Gasteiger charge is 2.18. The van der Waals surface area contributed by atoms with Gasteiger partial charge in [-0.2, -0.15) is 5.10 Å². The van der Waals surface area contributed by atoms with Crippen LogP contribution < -0.4 is 15.5 Å². The van der Waals surface area contributed by atoms with Crippen molar-refractivity contribution < 1.29 is 14.5 Å². The van der Waals surface area contributed by atoms with Crippen LogP contribution in [0.4, 0.5) is 17.1 Å². The Labute approximate surface area is 212 Å². The number of hydrogen-bond acceptors (Lipinski definition) is 6. The Hall–Kier alpha value is -4.99. The van der Waals surface area contributed by atoms with E-state index in [-0.39, 0.29) is 23.9 Å². The minimum atomic E-state index is -0.452. The molecule has 37 heavy (non-hydrogen) atoms. The van der Waals surface area contributed by atoms with Crippen LogP contribution in [0, 0.1) is 10.1 Å². The van der Waals surface area contributed by atoms with Crippen LogP contribution in [0.2, 0.25) is 0 Å². The number of hydrogen-bond donors (Lipinski definition) is 2. The van der Waals surface area contributed by atoms with Crippen LogP contribution in [0.3, 0.4) is 0 Å². The number of nitro groups is 1. The van der Waals surface area contributed by atoms with Crippen molar-refractivity contribution in [1.29, 1.82) is 0 Å². The lowest BCUT2D eigenvalue weighted by Crippen LogP contribution is -2.47. The molecule has 5 rings (SSSR count). The number of non-ortho nitro benzene ring substituents is 1. The summed E-state index contributed by atoms with van der Waals surface area (Å²) in [6.07, 6.45) is 1.86. The molecule has 3 aromatic carbocycles. The van der Waals surface area contributed by atoms with E-state index in [9.17, 15) is 19.7 Å². The molecule has 1 saturated heterocycles. The molecular formula is C27H24N6O4. The molecule has 186 valence electrons. The van der Waals surface area contributed by atoms with Crippen molar-refractivity contribution in [1.82, 2.24) is 15.1 Å². The first-order valence-corrected chi connectivity index (χ1v) is 11.8. The molecule has 0 saturated carbocycles.